The van der Waals surface area contributed by atoms with Crippen molar-refractivity contribution in [3.63, 3.8) is 0 Å². The zero-order valence-electron chi connectivity index (χ0n) is 9.05. The summed E-state index contributed by atoms with van der Waals surface area (Å²) in [5.41, 5.74) is 0. The number of methoxy groups -OCH3 is 1. The molecule has 0 radical (unpaired) electrons. The molecule has 15 heavy (non-hydrogen) atoms. The highest BCUT2D eigenvalue weighted by Gasteiger charge is 2.51. The quantitative estimate of drug-likeness (QED) is 0.680. The second kappa shape index (κ2) is 3.98. The Labute approximate surface area is 89.0 Å². The lowest BCUT2D eigenvalue weighted by Crippen LogP contribution is -2.43. The van der Waals surface area contributed by atoms with Crippen LogP contribution >= 0.6 is 0 Å². The first-order valence-electron chi connectivity index (χ1n) is 5.33. The second-order valence-electron chi connectivity index (χ2n) is 4.15. The van der Waals surface area contributed by atoms with E-state index in [9.17, 15) is 9.90 Å². The van der Waals surface area contributed by atoms with Gasteiger partial charge in [0.15, 0.2) is 0 Å². The minimum absolute atomic E-state index is 0.0240. The predicted octanol–water partition coefficient (Wildman–Crippen LogP) is 0.223. The Morgan fingerprint density at radius 3 is 3.00 bits per heavy atom. The van der Waals surface area contributed by atoms with Crippen LogP contribution in [-0.2, 0) is 9.47 Å². The third kappa shape index (κ3) is 1.59. The van der Waals surface area contributed by atoms with Gasteiger partial charge in [-0.2, -0.15) is 0 Å². The summed E-state index contributed by atoms with van der Waals surface area (Å²) in [5.74, 6) is 0.311. The number of fused-ring (bicyclic) bond motifs is 1. The number of likely N-dealkylation sites (tertiary alicyclic amines) is 1. The van der Waals surface area contributed by atoms with Crippen molar-refractivity contribution in [3.05, 3.63) is 0 Å². The van der Waals surface area contributed by atoms with E-state index in [-0.39, 0.29) is 18.2 Å². The molecule has 0 aromatic carbocycles. The Balaban J connectivity index is 2.16. The van der Waals surface area contributed by atoms with E-state index in [1.807, 2.05) is 0 Å². The van der Waals surface area contributed by atoms with Gasteiger partial charge in [-0.25, -0.2) is 4.79 Å². The van der Waals surface area contributed by atoms with Gasteiger partial charge in [0.2, 0.25) is 0 Å². The molecule has 4 atom stereocenters. The summed E-state index contributed by atoms with van der Waals surface area (Å²) in [7, 11) is 1.36. The average molecular weight is 215 g/mol. The highest BCUT2D eigenvalue weighted by Crippen LogP contribution is 2.35. The first-order chi connectivity index (χ1) is 7.19. The first-order valence-corrected chi connectivity index (χ1v) is 5.33. The normalized spacial score (nSPS) is 39.3. The maximum absolute atomic E-state index is 11.5. The van der Waals surface area contributed by atoms with Crippen LogP contribution in [0.25, 0.3) is 0 Å². The van der Waals surface area contributed by atoms with Gasteiger partial charge in [-0.1, -0.05) is 6.92 Å². The number of rotatable bonds is 1. The molecule has 0 aromatic heterocycles. The molecular weight excluding hydrogens is 198 g/mol. The van der Waals surface area contributed by atoms with Crippen LogP contribution in [0.3, 0.4) is 0 Å². The van der Waals surface area contributed by atoms with Crippen molar-refractivity contribution in [2.45, 2.75) is 31.6 Å². The van der Waals surface area contributed by atoms with Gasteiger partial charge in [-0.3, -0.25) is 4.90 Å². The van der Waals surface area contributed by atoms with E-state index in [0.29, 0.717) is 19.1 Å². The number of aliphatic hydroxyl groups excluding tert-OH is 1. The Kier molecular flexibility index (Phi) is 2.84. The fourth-order valence-electron chi connectivity index (χ4n) is 2.58. The summed E-state index contributed by atoms with van der Waals surface area (Å²) in [4.78, 5) is 13.1. The maximum Gasteiger partial charge on any atom is 0.409 e. The molecule has 86 valence electrons. The smallest absolute Gasteiger partial charge is 0.409 e. The molecule has 0 bridgehead atoms. The van der Waals surface area contributed by atoms with Gasteiger partial charge >= 0.3 is 6.09 Å². The summed E-state index contributed by atoms with van der Waals surface area (Å²) in [6, 6.07) is -0.220. The van der Waals surface area contributed by atoms with Gasteiger partial charge in [0, 0.05) is 12.5 Å². The number of ether oxygens (including phenoxy) is 2. The minimum atomic E-state index is -0.578. The van der Waals surface area contributed by atoms with Crippen molar-refractivity contribution in [1.82, 2.24) is 4.90 Å². The number of hydrogen-bond donors (Lipinski definition) is 1. The number of hydrogen-bond acceptors (Lipinski definition) is 4. The molecule has 1 N–H and O–H groups in total. The highest BCUT2D eigenvalue weighted by molar-refractivity contribution is 5.68. The molecule has 2 aliphatic rings. The third-order valence-corrected chi connectivity index (χ3v) is 3.38. The predicted molar refractivity (Wildman–Crippen MR) is 52.4 cm³/mol. The van der Waals surface area contributed by atoms with Crippen LogP contribution in [0.2, 0.25) is 0 Å². The second-order valence-corrected chi connectivity index (χ2v) is 4.15. The van der Waals surface area contributed by atoms with Gasteiger partial charge in [0.25, 0.3) is 0 Å². The molecule has 2 aliphatic heterocycles. The van der Waals surface area contributed by atoms with E-state index >= 15 is 0 Å². The molecule has 0 aromatic rings. The summed E-state index contributed by atoms with van der Waals surface area (Å²) in [6.07, 6.45) is -0.0262. The van der Waals surface area contributed by atoms with E-state index in [1.54, 1.807) is 4.90 Å². The zero-order chi connectivity index (χ0) is 11.0. The average Bonchev–Trinajstić information content (AvgIpc) is 2.78. The maximum atomic E-state index is 11.5. The van der Waals surface area contributed by atoms with Gasteiger partial charge in [-0.15, -0.1) is 0 Å². The van der Waals surface area contributed by atoms with Crippen molar-refractivity contribution >= 4 is 6.09 Å². The number of amides is 1. The summed E-state index contributed by atoms with van der Waals surface area (Å²) in [5, 5.41) is 9.75. The van der Waals surface area contributed by atoms with Crippen molar-refractivity contribution in [2.24, 2.45) is 5.92 Å². The lowest BCUT2D eigenvalue weighted by Gasteiger charge is -2.23. The van der Waals surface area contributed by atoms with E-state index < -0.39 is 6.10 Å². The Morgan fingerprint density at radius 2 is 2.40 bits per heavy atom. The topological polar surface area (TPSA) is 59.0 Å². The minimum Gasteiger partial charge on any atom is -0.453 e. The van der Waals surface area contributed by atoms with Crippen LogP contribution in [-0.4, -0.2) is 54.6 Å². The van der Waals surface area contributed by atoms with E-state index in [4.69, 9.17) is 9.47 Å². The number of carbonyl (C=O) groups is 1. The monoisotopic (exact) mass is 215 g/mol. The number of nitrogens with zero attached hydrogens (tertiary/aromatic N) is 1. The van der Waals surface area contributed by atoms with E-state index in [2.05, 4.69) is 6.92 Å². The van der Waals surface area contributed by atoms with Crippen LogP contribution in [0.1, 0.15) is 13.3 Å². The molecule has 2 fully saturated rings. The van der Waals surface area contributed by atoms with Gasteiger partial charge < -0.3 is 14.6 Å². The molecule has 4 unspecified atom stereocenters. The molecule has 0 aliphatic carbocycles. The fraction of sp³-hybridized carbons (Fsp3) is 0.900. The van der Waals surface area contributed by atoms with Gasteiger partial charge in [-0.05, 0) is 6.42 Å². The van der Waals surface area contributed by atoms with Crippen LogP contribution in [0.5, 0.6) is 0 Å². The van der Waals surface area contributed by atoms with Crippen molar-refractivity contribution in [1.29, 1.82) is 0 Å². The van der Waals surface area contributed by atoms with Crippen LogP contribution in [0.4, 0.5) is 4.79 Å². The van der Waals surface area contributed by atoms with Crippen molar-refractivity contribution in [3.8, 4) is 0 Å². The largest absolute Gasteiger partial charge is 0.453 e. The molecule has 2 heterocycles. The standard InChI is InChI=1S/C10H17NO4/c1-3-6-4-11(10(13)14-2)8-7(12)5-15-9(6)8/h6-9,12H,3-5H2,1-2H3. The Hall–Kier alpha value is -0.810. The van der Waals surface area contributed by atoms with Gasteiger partial charge in [0.05, 0.1) is 25.9 Å². The van der Waals surface area contributed by atoms with Crippen molar-refractivity contribution in [2.75, 3.05) is 20.3 Å². The highest BCUT2D eigenvalue weighted by atomic mass is 16.5. The van der Waals surface area contributed by atoms with Crippen molar-refractivity contribution < 1.29 is 19.4 Å². The third-order valence-electron chi connectivity index (χ3n) is 3.38. The molecular formula is C10H17NO4. The summed E-state index contributed by atoms with van der Waals surface area (Å²) < 4.78 is 10.2. The first kappa shape index (κ1) is 10.7. The van der Waals surface area contributed by atoms with Crippen LogP contribution in [0.15, 0.2) is 0 Å². The van der Waals surface area contributed by atoms with Crippen LogP contribution in [0, 0.1) is 5.92 Å². The molecule has 2 rings (SSSR count). The number of carbonyl (C=O) groups excluding carboxylic acids is 1. The lowest BCUT2D eigenvalue weighted by atomic mass is 9.99. The molecule has 5 heteroatoms. The lowest BCUT2D eigenvalue weighted by molar-refractivity contribution is 0.0587. The Bertz CT molecular complexity index is 258. The molecule has 5 nitrogen and oxygen atoms in total. The number of aliphatic hydroxyl groups is 1. The molecule has 2 saturated heterocycles. The van der Waals surface area contributed by atoms with E-state index in [1.165, 1.54) is 7.11 Å². The van der Waals surface area contributed by atoms with Crippen LogP contribution < -0.4 is 0 Å². The van der Waals surface area contributed by atoms with E-state index in [0.717, 1.165) is 6.42 Å². The zero-order valence-corrected chi connectivity index (χ0v) is 9.05. The van der Waals surface area contributed by atoms with Gasteiger partial charge in [0.1, 0.15) is 6.10 Å². The summed E-state index contributed by atoms with van der Waals surface area (Å²) in [6.45, 7) is 3.01. The molecule has 0 spiro atoms. The molecule has 0 saturated carbocycles. The SMILES string of the molecule is CCC1CN(C(=O)OC)C2C(O)COC12. The fourth-order valence-corrected chi connectivity index (χ4v) is 2.58. The molecule has 1 amide bonds. The summed E-state index contributed by atoms with van der Waals surface area (Å²) >= 11 is 0. The Morgan fingerprint density at radius 1 is 1.67 bits per heavy atom.